The summed E-state index contributed by atoms with van der Waals surface area (Å²) < 4.78 is 0. The van der Waals surface area contributed by atoms with Gasteiger partial charge in [0, 0.05) is 5.75 Å². The molecular weight excluding hydrogens is 250 g/mol. The number of carboxylic acid groups (broad SMARTS) is 1. The molecule has 0 saturated heterocycles. The molecule has 5 nitrogen and oxygen atoms in total. The Morgan fingerprint density at radius 1 is 1.33 bits per heavy atom. The van der Waals surface area contributed by atoms with E-state index in [0.29, 0.717) is 17.1 Å². The Balaban J connectivity index is 2.04. The first kappa shape index (κ1) is 12.4. The summed E-state index contributed by atoms with van der Waals surface area (Å²) >= 11 is 1.48. The Kier molecular flexibility index (Phi) is 3.78. The van der Waals surface area contributed by atoms with Crippen molar-refractivity contribution in [1.82, 2.24) is 9.97 Å². The molecule has 0 aliphatic rings. The third kappa shape index (κ3) is 3.21. The molecule has 0 amide bonds. The van der Waals surface area contributed by atoms with Gasteiger partial charge in [-0.3, -0.25) is 0 Å². The molecule has 0 saturated carbocycles. The number of hydrogen-bond donors (Lipinski definition) is 2. The molecule has 2 aromatic heterocycles. The van der Waals surface area contributed by atoms with Crippen molar-refractivity contribution in [3.8, 4) is 0 Å². The van der Waals surface area contributed by atoms with Crippen molar-refractivity contribution in [2.24, 2.45) is 0 Å². The van der Waals surface area contributed by atoms with Gasteiger partial charge in [0.05, 0.1) is 22.6 Å². The third-order valence-corrected chi connectivity index (χ3v) is 3.13. The Bertz CT molecular complexity index is 558. The zero-order chi connectivity index (χ0) is 13.0. The Morgan fingerprint density at radius 3 is 2.83 bits per heavy atom. The molecule has 0 unspecified atom stereocenters. The maximum absolute atomic E-state index is 10.8. The van der Waals surface area contributed by atoms with E-state index in [1.807, 2.05) is 6.07 Å². The van der Waals surface area contributed by atoms with Crippen LogP contribution in [0.15, 0.2) is 41.6 Å². The molecule has 0 bridgehead atoms. The van der Waals surface area contributed by atoms with Crippen LogP contribution in [0.5, 0.6) is 0 Å². The monoisotopic (exact) mass is 261 g/mol. The summed E-state index contributed by atoms with van der Waals surface area (Å²) in [6, 6.07) is 8.54. The zero-order valence-electron chi connectivity index (χ0n) is 9.41. The van der Waals surface area contributed by atoms with Crippen molar-refractivity contribution in [1.29, 1.82) is 0 Å². The minimum absolute atomic E-state index is 0.0540. The highest BCUT2D eigenvalue weighted by atomic mass is 32.2. The first-order valence-electron chi connectivity index (χ1n) is 5.19. The molecule has 18 heavy (non-hydrogen) atoms. The highest BCUT2D eigenvalue weighted by Crippen LogP contribution is 2.20. The number of aromatic nitrogens is 2. The molecular formula is C12H11N3O2S. The molecule has 2 rings (SSSR count). The molecule has 2 aromatic rings. The maximum atomic E-state index is 10.8. The SMILES string of the molecule is Nc1ccc(SCc2cccc(C(=O)O)n2)nc1. The number of pyridine rings is 2. The second-order valence-corrected chi connectivity index (χ2v) is 4.53. The van der Waals surface area contributed by atoms with Crippen LogP contribution in [-0.2, 0) is 5.75 Å². The summed E-state index contributed by atoms with van der Waals surface area (Å²) in [6.07, 6.45) is 1.59. The van der Waals surface area contributed by atoms with E-state index in [4.69, 9.17) is 10.8 Å². The lowest BCUT2D eigenvalue weighted by Gasteiger charge is -2.02. The van der Waals surface area contributed by atoms with Crippen molar-refractivity contribution in [3.05, 3.63) is 47.9 Å². The molecule has 2 heterocycles. The summed E-state index contributed by atoms with van der Waals surface area (Å²) in [5, 5.41) is 9.66. The average Bonchev–Trinajstić information content (AvgIpc) is 2.38. The van der Waals surface area contributed by atoms with Crippen molar-refractivity contribution < 1.29 is 9.90 Å². The van der Waals surface area contributed by atoms with E-state index < -0.39 is 5.97 Å². The summed E-state index contributed by atoms with van der Waals surface area (Å²) in [4.78, 5) is 18.9. The molecule has 6 heteroatoms. The number of aromatic carboxylic acids is 1. The number of carboxylic acids is 1. The van der Waals surface area contributed by atoms with Gasteiger partial charge in [-0.05, 0) is 24.3 Å². The molecule has 0 radical (unpaired) electrons. The zero-order valence-corrected chi connectivity index (χ0v) is 10.2. The molecule has 92 valence electrons. The van der Waals surface area contributed by atoms with E-state index in [0.717, 1.165) is 5.03 Å². The van der Waals surface area contributed by atoms with E-state index in [-0.39, 0.29) is 5.69 Å². The quantitative estimate of drug-likeness (QED) is 0.819. The fourth-order valence-corrected chi connectivity index (χ4v) is 2.05. The molecule has 3 N–H and O–H groups in total. The second kappa shape index (κ2) is 5.50. The van der Waals surface area contributed by atoms with Crippen molar-refractivity contribution in [2.75, 3.05) is 5.73 Å². The molecule has 0 fully saturated rings. The summed E-state index contributed by atoms with van der Waals surface area (Å²) in [7, 11) is 0. The van der Waals surface area contributed by atoms with Crippen LogP contribution < -0.4 is 5.73 Å². The maximum Gasteiger partial charge on any atom is 0.354 e. The van der Waals surface area contributed by atoms with E-state index in [2.05, 4.69) is 9.97 Å². The largest absolute Gasteiger partial charge is 0.477 e. The van der Waals surface area contributed by atoms with E-state index in [1.165, 1.54) is 17.8 Å². The van der Waals surface area contributed by atoms with Gasteiger partial charge in [-0.1, -0.05) is 6.07 Å². The minimum Gasteiger partial charge on any atom is -0.477 e. The number of nitrogens with two attached hydrogens (primary N) is 1. The van der Waals surface area contributed by atoms with Gasteiger partial charge < -0.3 is 10.8 Å². The standard InChI is InChI=1S/C12H11N3O2S/c13-8-4-5-11(14-6-8)18-7-9-2-1-3-10(15-9)12(16)17/h1-6H,7,13H2,(H,16,17). The van der Waals surface area contributed by atoms with Crippen LogP contribution in [-0.4, -0.2) is 21.0 Å². The van der Waals surface area contributed by atoms with Gasteiger partial charge in [0.2, 0.25) is 0 Å². The highest BCUT2D eigenvalue weighted by molar-refractivity contribution is 7.98. The van der Waals surface area contributed by atoms with Crippen LogP contribution in [0.1, 0.15) is 16.2 Å². The second-order valence-electron chi connectivity index (χ2n) is 3.54. The van der Waals surface area contributed by atoms with E-state index in [9.17, 15) is 4.79 Å². The fraction of sp³-hybridized carbons (Fsp3) is 0.0833. The number of thioether (sulfide) groups is 1. The third-order valence-electron chi connectivity index (χ3n) is 2.15. The molecule has 0 aliphatic carbocycles. The van der Waals surface area contributed by atoms with Crippen LogP contribution in [0.2, 0.25) is 0 Å². The normalized spacial score (nSPS) is 10.2. The average molecular weight is 261 g/mol. The summed E-state index contributed by atoms with van der Waals surface area (Å²) in [5.74, 6) is -0.453. The lowest BCUT2D eigenvalue weighted by molar-refractivity contribution is 0.0690. The highest BCUT2D eigenvalue weighted by Gasteiger charge is 2.05. The van der Waals surface area contributed by atoms with Gasteiger partial charge in [-0.15, -0.1) is 11.8 Å². The van der Waals surface area contributed by atoms with Gasteiger partial charge in [0.25, 0.3) is 0 Å². The van der Waals surface area contributed by atoms with Crippen LogP contribution >= 0.6 is 11.8 Å². The predicted octanol–water partition coefficient (Wildman–Crippen LogP) is 2.05. The van der Waals surface area contributed by atoms with E-state index in [1.54, 1.807) is 24.4 Å². The minimum atomic E-state index is -1.02. The van der Waals surface area contributed by atoms with Crippen molar-refractivity contribution in [2.45, 2.75) is 10.8 Å². The van der Waals surface area contributed by atoms with Crippen LogP contribution in [0, 0.1) is 0 Å². The van der Waals surface area contributed by atoms with Gasteiger partial charge in [-0.25, -0.2) is 14.8 Å². The fourth-order valence-electron chi connectivity index (χ4n) is 1.30. The number of carbonyl (C=O) groups is 1. The lowest BCUT2D eigenvalue weighted by Crippen LogP contribution is -2.01. The van der Waals surface area contributed by atoms with Gasteiger partial charge in [0.1, 0.15) is 5.69 Å². The van der Waals surface area contributed by atoms with Gasteiger partial charge >= 0.3 is 5.97 Å². The van der Waals surface area contributed by atoms with Crippen LogP contribution in [0.4, 0.5) is 5.69 Å². The predicted molar refractivity (Wildman–Crippen MR) is 69.4 cm³/mol. The number of nitrogen functional groups attached to an aromatic ring is 1. The lowest BCUT2D eigenvalue weighted by atomic mass is 10.3. The first-order chi connectivity index (χ1) is 8.65. The van der Waals surface area contributed by atoms with E-state index >= 15 is 0 Å². The molecule has 0 atom stereocenters. The smallest absolute Gasteiger partial charge is 0.354 e. The van der Waals surface area contributed by atoms with Gasteiger partial charge in [-0.2, -0.15) is 0 Å². The summed E-state index contributed by atoms with van der Waals surface area (Å²) in [6.45, 7) is 0. The Hall–Kier alpha value is -2.08. The van der Waals surface area contributed by atoms with Crippen molar-refractivity contribution in [3.63, 3.8) is 0 Å². The Labute approximate surface area is 108 Å². The topological polar surface area (TPSA) is 89.1 Å². The van der Waals surface area contributed by atoms with Gasteiger partial charge in [0.15, 0.2) is 0 Å². The number of nitrogens with zero attached hydrogens (tertiary/aromatic N) is 2. The number of anilines is 1. The molecule has 0 aliphatic heterocycles. The number of rotatable bonds is 4. The molecule has 0 spiro atoms. The number of hydrogen-bond acceptors (Lipinski definition) is 5. The first-order valence-corrected chi connectivity index (χ1v) is 6.17. The van der Waals surface area contributed by atoms with Crippen LogP contribution in [0.3, 0.4) is 0 Å². The molecule has 0 aromatic carbocycles. The Morgan fingerprint density at radius 2 is 2.17 bits per heavy atom. The van der Waals surface area contributed by atoms with Crippen LogP contribution in [0.25, 0.3) is 0 Å². The van der Waals surface area contributed by atoms with Crippen molar-refractivity contribution >= 4 is 23.4 Å². The summed E-state index contributed by atoms with van der Waals surface area (Å²) in [5.41, 5.74) is 6.91.